The number of aromatic nitrogens is 1. The maximum atomic E-state index is 13.1. The number of oxazole rings is 1. The second-order valence-corrected chi connectivity index (χ2v) is 8.07. The Morgan fingerprint density at radius 3 is 2.24 bits per heavy atom. The van der Waals surface area contributed by atoms with Gasteiger partial charge in [0.15, 0.2) is 0 Å². The lowest BCUT2D eigenvalue weighted by molar-refractivity contribution is -0.138. The summed E-state index contributed by atoms with van der Waals surface area (Å²) in [5.74, 6) is 0.843. The molecule has 1 aromatic heterocycles. The zero-order valence-corrected chi connectivity index (χ0v) is 17.0. The molecule has 5 nitrogen and oxygen atoms in total. The predicted molar refractivity (Wildman–Crippen MR) is 113 cm³/mol. The zero-order valence-electron chi connectivity index (χ0n) is 17.0. The van der Waals surface area contributed by atoms with Crippen LogP contribution in [0.3, 0.4) is 0 Å². The quantitative estimate of drug-likeness (QED) is 0.663. The third kappa shape index (κ3) is 4.25. The van der Waals surface area contributed by atoms with Gasteiger partial charge in [0.2, 0.25) is 11.8 Å². The highest BCUT2D eigenvalue weighted by atomic mass is 16.3. The standard InChI is InChI=1S/C24H27N3O2/c1-24(2,20-11-7-4-8-12-20)23(28)27-15-13-26(14-16-27)17-21-18-29-22(25-21)19-9-5-3-6-10-19/h3-12,18H,13-17H2,1-2H3. The summed E-state index contributed by atoms with van der Waals surface area (Å²) in [6.45, 7) is 7.90. The molecule has 0 atom stereocenters. The van der Waals surface area contributed by atoms with Gasteiger partial charge in [0.25, 0.3) is 0 Å². The van der Waals surface area contributed by atoms with Gasteiger partial charge in [-0.05, 0) is 31.5 Å². The van der Waals surface area contributed by atoms with Gasteiger partial charge in [-0.15, -0.1) is 0 Å². The first-order valence-corrected chi connectivity index (χ1v) is 10.1. The summed E-state index contributed by atoms with van der Waals surface area (Å²) >= 11 is 0. The lowest BCUT2D eigenvalue weighted by Crippen LogP contribution is -2.52. The first kappa shape index (κ1) is 19.4. The van der Waals surface area contributed by atoms with E-state index in [2.05, 4.69) is 9.88 Å². The van der Waals surface area contributed by atoms with Crippen molar-refractivity contribution in [3.05, 3.63) is 78.2 Å². The Labute approximate surface area is 172 Å². The highest BCUT2D eigenvalue weighted by Gasteiger charge is 2.35. The van der Waals surface area contributed by atoms with Gasteiger partial charge < -0.3 is 9.32 Å². The highest BCUT2D eigenvalue weighted by Crippen LogP contribution is 2.26. The molecule has 3 aromatic rings. The van der Waals surface area contributed by atoms with Crippen LogP contribution in [0, 0.1) is 0 Å². The van der Waals surface area contributed by atoms with Crippen LogP contribution in [-0.2, 0) is 16.8 Å². The van der Waals surface area contributed by atoms with Crippen LogP contribution >= 0.6 is 0 Å². The van der Waals surface area contributed by atoms with Crippen molar-refractivity contribution in [3.8, 4) is 11.5 Å². The van der Waals surface area contributed by atoms with Crippen LogP contribution in [0.2, 0.25) is 0 Å². The minimum atomic E-state index is -0.514. The molecule has 1 saturated heterocycles. The van der Waals surface area contributed by atoms with Crippen molar-refractivity contribution in [3.63, 3.8) is 0 Å². The van der Waals surface area contributed by atoms with Crippen LogP contribution in [0.5, 0.6) is 0 Å². The normalized spacial score (nSPS) is 15.4. The molecule has 0 N–H and O–H groups in total. The summed E-state index contributed by atoms with van der Waals surface area (Å²) in [5, 5.41) is 0. The first-order valence-electron chi connectivity index (χ1n) is 10.1. The monoisotopic (exact) mass is 389 g/mol. The van der Waals surface area contributed by atoms with Crippen molar-refractivity contribution in [1.29, 1.82) is 0 Å². The van der Waals surface area contributed by atoms with E-state index < -0.39 is 5.41 Å². The number of benzene rings is 2. The van der Waals surface area contributed by atoms with Gasteiger partial charge in [-0.3, -0.25) is 9.69 Å². The Morgan fingerprint density at radius 1 is 0.966 bits per heavy atom. The third-order valence-corrected chi connectivity index (χ3v) is 5.65. The summed E-state index contributed by atoms with van der Waals surface area (Å²) in [6.07, 6.45) is 1.73. The van der Waals surface area contributed by atoms with E-state index in [0.29, 0.717) is 5.89 Å². The Kier molecular flexibility index (Phi) is 5.49. The predicted octanol–water partition coefficient (Wildman–Crippen LogP) is 3.96. The number of amides is 1. The van der Waals surface area contributed by atoms with Crippen molar-refractivity contribution < 1.29 is 9.21 Å². The second kappa shape index (κ2) is 8.21. The summed E-state index contributed by atoms with van der Waals surface area (Å²) < 4.78 is 5.64. The van der Waals surface area contributed by atoms with E-state index in [4.69, 9.17) is 4.42 Å². The van der Waals surface area contributed by atoms with Crippen molar-refractivity contribution in [2.75, 3.05) is 26.2 Å². The molecule has 2 heterocycles. The summed E-state index contributed by atoms with van der Waals surface area (Å²) in [7, 11) is 0. The maximum Gasteiger partial charge on any atom is 0.232 e. The fourth-order valence-electron chi connectivity index (χ4n) is 3.80. The van der Waals surface area contributed by atoms with Gasteiger partial charge in [0.1, 0.15) is 6.26 Å². The topological polar surface area (TPSA) is 49.6 Å². The molecule has 1 amide bonds. The average molecular weight is 389 g/mol. The fraction of sp³-hybridized carbons (Fsp3) is 0.333. The van der Waals surface area contributed by atoms with E-state index in [1.54, 1.807) is 6.26 Å². The molecule has 0 radical (unpaired) electrons. The molecule has 29 heavy (non-hydrogen) atoms. The molecule has 4 rings (SSSR count). The lowest BCUT2D eigenvalue weighted by Gasteiger charge is -2.38. The Balaban J connectivity index is 1.34. The molecule has 0 bridgehead atoms. The van der Waals surface area contributed by atoms with E-state index >= 15 is 0 Å². The molecule has 0 spiro atoms. The van der Waals surface area contributed by atoms with Crippen molar-refractivity contribution >= 4 is 5.91 Å². The van der Waals surface area contributed by atoms with Gasteiger partial charge in [-0.1, -0.05) is 48.5 Å². The number of piperazine rings is 1. The SMILES string of the molecule is CC(C)(C(=O)N1CCN(Cc2coc(-c3ccccc3)n2)CC1)c1ccccc1. The van der Waals surface area contributed by atoms with Crippen molar-refractivity contribution in [2.45, 2.75) is 25.8 Å². The van der Waals surface area contributed by atoms with Gasteiger partial charge in [-0.25, -0.2) is 4.98 Å². The van der Waals surface area contributed by atoms with Crippen LogP contribution < -0.4 is 0 Å². The molecule has 0 aliphatic carbocycles. The number of carbonyl (C=O) groups excluding carboxylic acids is 1. The van der Waals surface area contributed by atoms with Gasteiger partial charge in [-0.2, -0.15) is 0 Å². The molecule has 2 aromatic carbocycles. The Hall–Kier alpha value is -2.92. The second-order valence-electron chi connectivity index (χ2n) is 8.07. The molecule has 0 unspecified atom stereocenters. The summed E-state index contributed by atoms with van der Waals surface area (Å²) in [4.78, 5) is 22.1. The van der Waals surface area contributed by atoms with Crippen LogP contribution in [0.25, 0.3) is 11.5 Å². The number of carbonyl (C=O) groups is 1. The van der Waals surface area contributed by atoms with E-state index in [1.807, 2.05) is 79.4 Å². The fourth-order valence-corrected chi connectivity index (χ4v) is 3.80. The van der Waals surface area contributed by atoms with Crippen LogP contribution in [0.1, 0.15) is 25.1 Å². The summed E-state index contributed by atoms with van der Waals surface area (Å²) in [5.41, 5.74) is 2.45. The number of rotatable bonds is 5. The van der Waals surface area contributed by atoms with Crippen molar-refractivity contribution in [1.82, 2.24) is 14.8 Å². The number of hydrogen-bond donors (Lipinski definition) is 0. The minimum Gasteiger partial charge on any atom is -0.444 e. The van der Waals surface area contributed by atoms with Gasteiger partial charge in [0.05, 0.1) is 11.1 Å². The molecular formula is C24H27N3O2. The van der Waals surface area contributed by atoms with Crippen LogP contribution in [0.15, 0.2) is 71.3 Å². The van der Waals surface area contributed by atoms with E-state index in [0.717, 1.165) is 49.5 Å². The lowest BCUT2D eigenvalue weighted by atomic mass is 9.83. The summed E-state index contributed by atoms with van der Waals surface area (Å²) in [6, 6.07) is 19.9. The van der Waals surface area contributed by atoms with E-state index in [9.17, 15) is 4.79 Å². The maximum absolute atomic E-state index is 13.1. The zero-order chi connectivity index (χ0) is 20.3. The molecule has 0 saturated carbocycles. The molecule has 1 aliphatic heterocycles. The largest absolute Gasteiger partial charge is 0.444 e. The molecule has 1 aliphatic rings. The van der Waals surface area contributed by atoms with Crippen LogP contribution in [-0.4, -0.2) is 46.9 Å². The van der Waals surface area contributed by atoms with Gasteiger partial charge in [0, 0.05) is 38.3 Å². The third-order valence-electron chi connectivity index (χ3n) is 5.65. The molecule has 1 fully saturated rings. The Bertz CT molecular complexity index is 943. The van der Waals surface area contributed by atoms with Gasteiger partial charge >= 0.3 is 0 Å². The average Bonchev–Trinajstić information content (AvgIpc) is 3.23. The number of hydrogen-bond acceptors (Lipinski definition) is 4. The van der Waals surface area contributed by atoms with E-state index in [-0.39, 0.29) is 5.91 Å². The van der Waals surface area contributed by atoms with Crippen LogP contribution in [0.4, 0.5) is 0 Å². The molecule has 150 valence electrons. The van der Waals surface area contributed by atoms with Crippen molar-refractivity contribution in [2.24, 2.45) is 0 Å². The highest BCUT2D eigenvalue weighted by molar-refractivity contribution is 5.87. The van der Waals surface area contributed by atoms with E-state index in [1.165, 1.54) is 0 Å². The minimum absolute atomic E-state index is 0.191. The first-order chi connectivity index (χ1) is 14.0. The molecular weight excluding hydrogens is 362 g/mol. The Morgan fingerprint density at radius 2 is 1.59 bits per heavy atom. The molecule has 5 heteroatoms. The smallest absolute Gasteiger partial charge is 0.232 e. The number of nitrogens with zero attached hydrogens (tertiary/aromatic N) is 3.